The van der Waals surface area contributed by atoms with Crippen molar-refractivity contribution in [2.24, 2.45) is 0 Å². The molecule has 98 valence electrons. The van der Waals surface area contributed by atoms with Gasteiger partial charge in [0.2, 0.25) is 0 Å². The molecule has 1 N–H and O–H groups in total. The predicted octanol–water partition coefficient (Wildman–Crippen LogP) is 1.52. The summed E-state index contributed by atoms with van der Waals surface area (Å²) in [6, 6.07) is 6.12. The fraction of sp³-hybridized carbons (Fsp3) is 0.462. The third-order valence-electron chi connectivity index (χ3n) is 3.16. The number of carbonyl (C=O) groups is 1. The molecule has 0 aromatic heterocycles. The minimum Gasteiger partial charge on any atom is -0.335 e. The Bertz CT molecular complexity index is 442. The van der Waals surface area contributed by atoms with Crippen molar-refractivity contribution >= 4 is 5.91 Å². The number of rotatable bonds is 2. The molecule has 1 amide bonds. The fourth-order valence-corrected chi connectivity index (χ4v) is 2.11. The molecular weight excluding hydrogens is 238 g/mol. The second-order valence-corrected chi connectivity index (χ2v) is 4.43. The highest BCUT2D eigenvalue weighted by atomic mass is 19.3. The Kier molecular flexibility index (Phi) is 3.61. The predicted molar refractivity (Wildman–Crippen MR) is 64.5 cm³/mol. The molecule has 1 heterocycles. The van der Waals surface area contributed by atoms with Crippen molar-refractivity contribution in [2.45, 2.75) is 12.8 Å². The maximum Gasteiger partial charge on any atom is 0.350 e. The normalized spacial score (nSPS) is 16.7. The highest BCUT2D eigenvalue weighted by Gasteiger charge is 2.44. The molecule has 0 atom stereocenters. The number of piperazine rings is 1. The van der Waals surface area contributed by atoms with E-state index in [1.165, 1.54) is 17.0 Å². The third kappa shape index (κ3) is 2.36. The van der Waals surface area contributed by atoms with Gasteiger partial charge in [-0.15, -0.1) is 0 Å². The van der Waals surface area contributed by atoms with E-state index in [4.69, 9.17) is 0 Å². The van der Waals surface area contributed by atoms with Crippen molar-refractivity contribution in [3.8, 4) is 0 Å². The van der Waals surface area contributed by atoms with Crippen molar-refractivity contribution in [1.29, 1.82) is 0 Å². The zero-order valence-electron chi connectivity index (χ0n) is 10.2. The van der Waals surface area contributed by atoms with Crippen LogP contribution in [-0.4, -0.2) is 37.0 Å². The highest BCUT2D eigenvalue weighted by Crippen LogP contribution is 2.32. The lowest BCUT2D eigenvalue weighted by Crippen LogP contribution is -2.51. The van der Waals surface area contributed by atoms with Crippen LogP contribution in [-0.2, 0) is 10.7 Å². The molecule has 3 nitrogen and oxygen atoms in total. The standard InChI is InChI=1S/C13H16F2N2O/c1-10-4-2-3-5-11(10)13(14,15)12(18)17-8-6-16-7-9-17/h2-5,16H,6-9H2,1H3. The SMILES string of the molecule is Cc1ccccc1C(F)(F)C(=O)N1CCNCC1. The van der Waals surface area contributed by atoms with E-state index in [2.05, 4.69) is 5.32 Å². The van der Waals surface area contributed by atoms with E-state index in [1.807, 2.05) is 0 Å². The van der Waals surface area contributed by atoms with Gasteiger partial charge in [-0.2, -0.15) is 8.78 Å². The molecular formula is C13H16F2N2O. The zero-order chi connectivity index (χ0) is 13.2. The summed E-state index contributed by atoms with van der Waals surface area (Å²) in [5.74, 6) is -4.54. The van der Waals surface area contributed by atoms with Gasteiger partial charge < -0.3 is 10.2 Å². The Hall–Kier alpha value is -1.49. The summed E-state index contributed by atoms with van der Waals surface area (Å²) in [5.41, 5.74) is 0.236. The van der Waals surface area contributed by atoms with Crippen LogP contribution in [0.3, 0.4) is 0 Å². The number of alkyl halides is 2. The smallest absolute Gasteiger partial charge is 0.335 e. The van der Waals surface area contributed by atoms with Crippen LogP contribution >= 0.6 is 0 Å². The largest absolute Gasteiger partial charge is 0.350 e. The average molecular weight is 254 g/mol. The number of hydrogen-bond acceptors (Lipinski definition) is 2. The van der Waals surface area contributed by atoms with Gasteiger partial charge in [-0.1, -0.05) is 24.3 Å². The molecule has 1 aromatic rings. The van der Waals surface area contributed by atoms with Crippen LogP contribution in [0.25, 0.3) is 0 Å². The molecule has 0 spiro atoms. The summed E-state index contributed by atoms with van der Waals surface area (Å²) in [7, 11) is 0. The van der Waals surface area contributed by atoms with Crippen molar-refractivity contribution in [2.75, 3.05) is 26.2 Å². The lowest BCUT2D eigenvalue weighted by Gasteiger charge is -2.31. The van der Waals surface area contributed by atoms with Crippen LogP contribution in [0.15, 0.2) is 24.3 Å². The first-order valence-corrected chi connectivity index (χ1v) is 5.97. The molecule has 18 heavy (non-hydrogen) atoms. The van der Waals surface area contributed by atoms with Crippen LogP contribution in [0.5, 0.6) is 0 Å². The first-order valence-electron chi connectivity index (χ1n) is 5.97. The summed E-state index contributed by atoms with van der Waals surface area (Å²) in [6.07, 6.45) is 0. The van der Waals surface area contributed by atoms with Gasteiger partial charge >= 0.3 is 5.92 Å². The summed E-state index contributed by atoms with van der Waals surface area (Å²) < 4.78 is 28.4. The zero-order valence-corrected chi connectivity index (χ0v) is 10.2. The van der Waals surface area contributed by atoms with Crippen molar-refractivity contribution in [1.82, 2.24) is 10.2 Å². The van der Waals surface area contributed by atoms with Gasteiger partial charge in [0.05, 0.1) is 0 Å². The number of nitrogens with zero attached hydrogens (tertiary/aromatic N) is 1. The van der Waals surface area contributed by atoms with Gasteiger partial charge in [-0.05, 0) is 12.5 Å². The second-order valence-electron chi connectivity index (χ2n) is 4.43. The Morgan fingerprint density at radius 2 is 1.89 bits per heavy atom. The second kappa shape index (κ2) is 5.02. The Morgan fingerprint density at radius 3 is 2.50 bits per heavy atom. The van der Waals surface area contributed by atoms with Gasteiger partial charge in [0.25, 0.3) is 5.91 Å². The van der Waals surface area contributed by atoms with Crippen molar-refractivity contribution in [3.63, 3.8) is 0 Å². The first kappa shape index (κ1) is 13.0. The van der Waals surface area contributed by atoms with Crippen molar-refractivity contribution in [3.05, 3.63) is 35.4 Å². The van der Waals surface area contributed by atoms with E-state index in [9.17, 15) is 13.6 Å². The van der Waals surface area contributed by atoms with E-state index in [0.29, 0.717) is 31.7 Å². The Labute approximate surface area is 105 Å². The fourth-order valence-electron chi connectivity index (χ4n) is 2.11. The molecule has 0 radical (unpaired) electrons. The molecule has 1 aromatic carbocycles. The quantitative estimate of drug-likeness (QED) is 0.868. The van der Waals surface area contributed by atoms with Gasteiger partial charge in [0, 0.05) is 31.7 Å². The topological polar surface area (TPSA) is 32.3 Å². The van der Waals surface area contributed by atoms with Crippen molar-refractivity contribution < 1.29 is 13.6 Å². The molecule has 2 rings (SSSR count). The maximum absolute atomic E-state index is 14.2. The number of benzene rings is 1. The van der Waals surface area contributed by atoms with E-state index >= 15 is 0 Å². The molecule has 0 unspecified atom stereocenters. The Morgan fingerprint density at radius 1 is 1.28 bits per heavy atom. The number of carbonyl (C=O) groups excluding carboxylic acids is 1. The maximum atomic E-state index is 14.2. The molecule has 5 heteroatoms. The van der Waals surface area contributed by atoms with Crippen LogP contribution in [0, 0.1) is 6.92 Å². The van der Waals surface area contributed by atoms with Crippen LogP contribution in [0.1, 0.15) is 11.1 Å². The first-order chi connectivity index (χ1) is 8.53. The van der Waals surface area contributed by atoms with Gasteiger partial charge in [-0.25, -0.2) is 0 Å². The minimum absolute atomic E-state index is 0.200. The monoisotopic (exact) mass is 254 g/mol. The molecule has 1 aliphatic rings. The van der Waals surface area contributed by atoms with Crippen LogP contribution in [0.2, 0.25) is 0 Å². The van der Waals surface area contributed by atoms with Crippen LogP contribution < -0.4 is 5.32 Å². The number of hydrogen-bond donors (Lipinski definition) is 1. The summed E-state index contributed by atoms with van der Waals surface area (Å²) in [4.78, 5) is 13.1. The van der Waals surface area contributed by atoms with E-state index < -0.39 is 11.8 Å². The van der Waals surface area contributed by atoms with Gasteiger partial charge in [0.1, 0.15) is 0 Å². The highest BCUT2D eigenvalue weighted by molar-refractivity contribution is 5.85. The lowest BCUT2D eigenvalue weighted by atomic mass is 10.0. The van der Waals surface area contributed by atoms with Gasteiger partial charge in [0.15, 0.2) is 0 Å². The Balaban J connectivity index is 2.24. The van der Waals surface area contributed by atoms with E-state index in [1.54, 1.807) is 19.1 Å². The van der Waals surface area contributed by atoms with Gasteiger partial charge in [-0.3, -0.25) is 4.79 Å². The summed E-state index contributed by atoms with van der Waals surface area (Å²) in [6.45, 7) is 3.39. The molecule has 1 fully saturated rings. The molecule has 1 aliphatic heterocycles. The molecule has 0 aliphatic carbocycles. The van der Waals surface area contributed by atoms with Crippen LogP contribution in [0.4, 0.5) is 8.78 Å². The number of nitrogens with one attached hydrogen (secondary N) is 1. The van der Waals surface area contributed by atoms with E-state index in [0.717, 1.165) is 0 Å². The molecule has 0 bridgehead atoms. The number of halogens is 2. The summed E-state index contributed by atoms with van der Waals surface area (Å²) in [5, 5.41) is 3.03. The van der Waals surface area contributed by atoms with E-state index in [-0.39, 0.29) is 5.56 Å². The lowest BCUT2D eigenvalue weighted by molar-refractivity contribution is -0.159. The average Bonchev–Trinajstić information content (AvgIpc) is 2.39. The summed E-state index contributed by atoms with van der Waals surface area (Å²) >= 11 is 0. The molecule has 1 saturated heterocycles. The third-order valence-corrected chi connectivity index (χ3v) is 3.16. The number of aryl methyl sites for hydroxylation is 1. The minimum atomic E-state index is -3.44. The molecule has 0 saturated carbocycles. The number of amides is 1.